The largest absolute Gasteiger partial charge is 0.322 e. The van der Waals surface area contributed by atoms with Crippen LogP contribution in [0.25, 0.3) is 10.9 Å². The number of carbonyl (C=O) groups is 1. The number of nitrogens with one attached hydrogen (secondary N) is 1. The van der Waals surface area contributed by atoms with Crippen LogP contribution in [0.1, 0.15) is 22.3 Å². The SMILES string of the molecule is O=C(c1cnc(Nc2cccc3cccnc23)nc1)N1CCCc2ccccc21. The van der Waals surface area contributed by atoms with Crippen molar-refractivity contribution >= 4 is 34.1 Å². The number of pyridine rings is 1. The summed E-state index contributed by atoms with van der Waals surface area (Å²) in [5, 5.41) is 4.23. The minimum atomic E-state index is -0.0736. The molecule has 4 aromatic rings. The molecule has 2 aromatic heterocycles. The molecule has 3 heterocycles. The summed E-state index contributed by atoms with van der Waals surface area (Å²) in [6.45, 7) is 0.706. The van der Waals surface area contributed by atoms with Crippen LogP contribution in [0.3, 0.4) is 0 Å². The van der Waals surface area contributed by atoms with Crippen molar-refractivity contribution < 1.29 is 4.79 Å². The molecule has 2 aromatic carbocycles. The van der Waals surface area contributed by atoms with Crippen LogP contribution in [0.15, 0.2) is 73.2 Å². The van der Waals surface area contributed by atoms with Crippen LogP contribution in [0, 0.1) is 0 Å². The molecule has 0 saturated carbocycles. The van der Waals surface area contributed by atoms with Crippen LogP contribution in [0.4, 0.5) is 17.3 Å². The molecular weight excluding hydrogens is 362 g/mol. The number of anilines is 3. The van der Waals surface area contributed by atoms with Crippen LogP contribution >= 0.6 is 0 Å². The molecule has 0 spiro atoms. The van der Waals surface area contributed by atoms with Gasteiger partial charge in [-0.05, 0) is 36.6 Å². The van der Waals surface area contributed by atoms with Gasteiger partial charge in [0, 0.05) is 36.2 Å². The average Bonchev–Trinajstić information content (AvgIpc) is 2.79. The first-order chi connectivity index (χ1) is 14.3. The molecule has 0 unspecified atom stereocenters. The summed E-state index contributed by atoms with van der Waals surface area (Å²) in [5.41, 5.74) is 4.33. The first-order valence-electron chi connectivity index (χ1n) is 9.62. The molecule has 0 radical (unpaired) electrons. The number of fused-ring (bicyclic) bond motifs is 2. The molecule has 5 rings (SSSR count). The first-order valence-corrected chi connectivity index (χ1v) is 9.62. The Morgan fingerprint density at radius 3 is 2.66 bits per heavy atom. The molecule has 0 bridgehead atoms. The van der Waals surface area contributed by atoms with E-state index in [1.165, 1.54) is 5.56 Å². The van der Waals surface area contributed by atoms with Gasteiger partial charge in [0.15, 0.2) is 0 Å². The van der Waals surface area contributed by atoms with Gasteiger partial charge in [-0.2, -0.15) is 0 Å². The van der Waals surface area contributed by atoms with Gasteiger partial charge in [0.05, 0.1) is 16.8 Å². The van der Waals surface area contributed by atoms with E-state index in [1.807, 2.05) is 53.4 Å². The highest BCUT2D eigenvalue weighted by Crippen LogP contribution is 2.28. The molecule has 1 N–H and O–H groups in total. The molecule has 142 valence electrons. The smallest absolute Gasteiger partial charge is 0.261 e. The number of amides is 1. The quantitative estimate of drug-likeness (QED) is 0.571. The van der Waals surface area contributed by atoms with Gasteiger partial charge >= 0.3 is 0 Å². The Morgan fingerprint density at radius 1 is 0.931 bits per heavy atom. The minimum absolute atomic E-state index is 0.0736. The van der Waals surface area contributed by atoms with E-state index in [2.05, 4.69) is 26.3 Å². The molecule has 1 aliphatic rings. The Labute approximate surface area is 168 Å². The maximum Gasteiger partial charge on any atom is 0.261 e. The predicted octanol–water partition coefficient (Wildman–Crippen LogP) is 4.36. The molecule has 29 heavy (non-hydrogen) atoms. The highest BCUT2D eigenvalue weighted by atomic mass is 16.2. The van der Waals surface area contributed by atoms with Crippen LogP contribution in [-0.4, -0.2) is 27.4 Å². The lowest BCUT2D eigenvalue weighted by Gasteiger charge is -2.29. The number of benzene rings is 2. The summed E-state index contributed by atoms with van der Waals surface area (Å²) in [7, 11) is 0. The van der Waals surface area contributed by atoms with Crippen LogP contribution < -0.4 is 10.2 Å². The van der Waals surface area contributed by atoms with Crippen molar-refractivity contribution in [2.75, 3.05) is 16.8 Å². The molecular formula is C23H19N5O. The maximum atomic E-state index is 13.0. The molecule has 6 nitrogen and oxygen atoms in total. The second kappa shape index (κ2) is 7.31. The lowest BCUT2D eigenvalue weighted by Crippen LogP contribution is -2.35. The van der Waals surface area contributed by atoms with Crippen molar-refractivity contribution in [1.29, 1.82) is 0 Å². The molecule has 0 saturated heterocycles. The topological polar surface area (TPSA) is 71.0 Å². The number of rotatable bonds is 3. The Kier molecular flexibility index (Phi) is 4.37. The zero-order valence-electron chi connectivity index (χ0n) is 15.7. The van der Waals surface area contributed by atoms with E-state index in [0.717, 1.165) is 35.1 Å². The third kappa shape index (κ3) is 3.29. The van der Waals surface area contributed by atoms with Crippen molar-refractivity contribution in [1.82, 2.24) is 15.0 Å². The summed E-state index contributed by atoms with van der Waals surface area (Å²) < 4.78 is 0. The fraction of sp³-hybridized carbons (Fsp3) is 0.130. The summed E-state index contributed by atoms with van der Waals surface area (Å²) in [4.78, 5) is 28.0. The van der Waals surface area contributed by atoms with Crippen molar-refractivity contribution in [2.45, 2.75) is 12.8 Å². The van der Waals surface area contributed by atoms with Crippen LogP contribution in [0.2, 0.25) is 0 Å². The first kappa shape index (κ1) is 17.3. The molecule has 6 heteroatoms. The Morgan fingerprint density at radius 2 is 1.76 bits per heavy atom. The van der Waals surface area contributed by atoms with Gasteiger partial charge in [-0.15, -0.1) is 0 Å². The third-order valence-corrected chi connectivity index (χ3v) is 5.13. The number of para-hydroxylation sites is 2. The molecule has 1 amide bonds. The van der Waals surface area contributed by atoms with Crippen molar-refractivity contribution in [3.8, 4) is 0 Å². The molecule has 0 atom stereocenters. The molecule has 1 aliphatic heterocycles. The van der Waals surface area contributed by atoms with Crippen LogP contribution in [0.5, 0.6) is 0 Å². The Balaban J connectivity index is 1.39. The van der Waals surface area contributed by atoms with Gasteiger partial charge in [0.1, 0.15) is 0 Å². The van der Waals surface area contributed by atoms with E-state index in [0.29, 0.717) is 18.1 Å². The van der Waals surface area contributed by atoms with Crippen molar-refractivity contribution in [3.63, 3.8) is 0 Å². The van der Waals surface area contributed by atoms with Gasteiger partial charge in [-0.25, -0.2) is 9.97 Å². The normalized spacial score (nSPS) is 13.2. The van der Waals surface area contributed by atoms with Gasteiger partial charge in [0.25, 0.3) is 5.91 Å². The fourth-order valence-corrected chi connectivity index (χ4v) is 3.73. The van der Waals surface area contributed by atoms with E-state index in [4.69, 9.17) is 0 Å². The summed E-state index contributed by atoms with van der Waals surface area (Å²) in [5.74, 6) is 0.356. The summed E-state index contributed by atoms with van der Waals surface area (Å²) >= 11 is 0. The molecule has 0 aliphatic carbocycles. The Hall–Kier alpha value is -3.80. The Bertz CT molecular complexity index is 1180. The van der Waals surface area contributed by atoms with Crippen LogP contribution in [-0.2, 0) is 6.42 Å². The lowest BCUT2D eigenvalue weighted by molar-refractivity contribution is 0.0984. The van der Waals surface area contributed by atoms with E-state index in [9.17, 15) is 4.79 Å². The fourth-order valence-electron chi connectivity index (χ4n) is 3.73. The van der Waals surface area contributed by atoms with Gasteiger partial charge in [-0.1, -0.05) is 36.4 Å². The minimum Gasteiger partial charge on any atom is -0.322 e. The standard InChI is InChI=1S/C23H19N5O/c29-22(28-13-5-9-16-6-1-2-11-20(16)28)18-14-25-23(26-15-18)27-19-10-3-7-17-8-4-12-24-21(17)19/h1-4,6-8,10-12,14-15H,5,9,13H2,(H,25,26,27). The zero-order valence-corrected chi connectivity index (χ0v) is 15.7. The van der Waals surface area contributed by atoms with Gasteiger partial charge in [-0.3, -0.25) is 9.78 Å². The second-order valence-electron chi connectivity index (χ2n) is 6.99. The van der Waals surface area contributed by atoms with Crippen molar-refractivity contribution in [2.24, 2.45) is 0 Å². The molecule has 0 fully saturated rings. The summed E-state index contributed by atoms with van der Waals surface area (Å²) in [6.07, 6.45) is 6.86. The number of aryl methyl sites for hydroxylation is 1. The second-order valence-corrected chi connectivity index (χ2v) is 6.99. The maximum absolute atomic E-state index is 13.0. The average molecular weight is 381 g/mol. The number of hydrogen-bond donors (Lipinski definition) is 1. The highest BCUT2D eigenvalue weighted by molar-refractivity contribution is 6.06. The predicted molar refractivity (Wildman–Crippen MR) is 113 cm³/mol. The highest BCUT2D eigenvalue weighted by Gasteiger charge is 2.23. The van der Waals surface area contributed by atoms with E-state index in [-0.39, 0.29) is 5.91 Å². The number of hydrogen-bond acceptors (Lipinski definition) is 5. The summed E-state index contributed by atoms with van der Waals surface area (Å²) in [6, 6.07) is 17.9. The van der Waals surface area contributed by atoms with E-state index in [1.54, 1.807) is 18.6 Å². The van der Waals surface area contributed by atoms with E-state index < -0.39 is 0 Å². The lowest BCUT2D eigenvalue weighted by atomic mass is 10.0. The van der Waals surface area contributed by atoms with E-state index >= 15 is 0 Å². The number of carbonyl (C=O) groups excluding carboxylic acids is 1. The number of nitrogens with zero attached hydrogens (tertiary/aromatic N) is 4. The van der Waals surface area contributed by atoms with Gasteiger partial charge < -0.3 is 10.2 Å². The van der Waals surface area contributed by atoms with Gasteiger partial charge in [0.2, 0.25) is 5.95 Å². The zero-order chi connectivity index (χ0) is 19.6. The number of aromatic nitrogens is 3. The van der Waals surface area contributed by atoms with Crippen molar-refractivity contribution in [3.05, 3.63) is 84.3 Å². The monoisotopic (exact) mass is 381 g/mol. The third-order valence-electron chi connectivity index (χ3n) is 5.13.